The van der Waals surface area contributed by atoms with Crippen molar-refractivity contribution in [3.8, 4) is 0 Å². The van der Waals surface area contributed by atoms with E-state index in [2.05, 4.69) is 13.8 Å². The van der Waals surface area contributed by atoms with Crippen LogP contribution >= 0.6 is 0 Å². The van der Waals surface area contributed by atoms with Crippen LogP contribution in [0.25, 0.3) is 0 Å². The lowest BCUT2D eigenvalue weighted by Gasteiger charge is -2.60. The highest BCUT2D eigenvalue weighted by Gasteiger charge is 2.77. The third-order valence-corrected chi connectivity index (χ3v) is 10.2. The average Bonchev–Trinajstić information content (AvgIpc) is 3.37. The Morgan fingerprint density at radius 1 is 0.966 bits per heavy atom. The molecule has 0 aromatic rings. The summed E-state index contributed by atoms with van der Waals surface area (Å²) >= 11 is 0. The van der Waals surface area contributed by atoms with Crippen molar-refractivity contribution < 1.29 is 28.5 Å². The van der Waals surface area contributed by atoms with Gasteiger partial charge in [-0.25, -0.2) is 0 Å². The van der Waals surface area contributed by atoms with E-state index in [1.165, 1.54) is 0 Å². The van der Waals surface area contributed by atoms with Gasteiger partial charge in [-0.15, -0.1) is 0 Å². The number of ether oxygens (including phenoxy) is 4. The van der Waals surface area contributed by atoms with E-state index < -0.39 is 11.4 Å². The van der Waals surface area contributed by atoms with Crippen molar-refractivity contribution in [1.29, 1.82) is 0 Å². The van der Waals surface area contributed by atoms with E-state index >= 15 is 0 Å². The molecule has 8 unspecified atom stereocenters. The number of ketones is 2. The summed E-state index contributed by atoms with van der Waals surface area (Å²) in [6.07, 6.45) is 6.71. The van der Waals surface area contributed by atoms with Gasteiger partial charge in [0.15, 0.2) is 13.6 Å². The van der Waals surface area contributed by atoms with Crippen LogP contribution in [0.5, 0.6) is 0 Å². The molecule has 29 heavy (non-hydrogen) atoms. The number of hydrogen-bond acceptors (Lipinski definition) is 6. The summed E-state index contributed by atoms with van der Waals surface area (Å²) in [6.45, 7) is 5.35. The van der Waals surface area contributed by atoms with E-state index in [1.807, 2.05) is 0 Å². The van der Waals surface area contributed by atoms with E-state index in [9.17, 15) is 9.59 Å². The third-order valence-electron chi connectivity index (χ3n) is 10.2. The zero-order chi connectivity index (χ0) is 20.1. The Labute approximate surface area is 172 Å². The van der Waals surface area contributed by atoms with Crippen LogP contribution in [0.1, 0.15) is 65.2 Å². The lowest BCUT2D eigenvalue weighted by molar-refractivity contribution is -0.247. The highest BCUT2D eigenvalue weighted by Crippen LogP contribution is 2.71. The van der Waals surface area contributed by atoms with Crippen LogP contribution in [0.3, 0.4) is 0 Å². The van der Waals surface area contributed by atoms with Crippen molar-refractivity contribution in [2.45, 2.75) is 76.6 Å². The minimum Gasteiger partial charge on any atom is -0.350 e. The predicted molar refractivity (Wildman–Crippen MR) is 102 cm³/mol. The lowest BCUT2D eigenvalue weighted by Crippen LogP contribution is -2.66. The molecule has 0 bridgehead atoms. The molecule has 4 aliphatic carbocycles. The normalized spacial score (nSPS) is 56.6. The van der Waals surface area contributed by atoms with Crippen molar-refractivity contribution >= 4 is 11.6 Å². The van der Waals surface area contributed by atoms with Gasteiger partial charge < -0.3 is 18.9 Å². The van der Waals surface area contributed by atoms with Gasteiger partial charge in [-0.05, 0) is 55.3 Å². The summed E-state index contributed by atoms with van der Waals surface area (Å²) < 4.78 is 24.0. The van der Waals surface area contributed by atoms with Crippen LogP contribution < -0.4 is 0 Å². The van der Waals surface area contributed by atoms with E-state index in [0.717, 1.165) is 32.1 Å². The summed E-state index contributed by atoms with van der Waals surface area (Å²) in [4.78, 5) is 25.9. The number of hydrogen-bond donors (Lipinski definition) is 0. The number of rotatable bonds is 0. The number of fused-ring (bicyclic) bond motifs is 7. The van der Waals surface area contributed by atoms with Gasteiger partial charge in [0.25, 0.3) is 0 Å². The van der Waals surface area contributed by atoms with Gasteiger partial charge >= 0.3 is 0 Å². The minimum absolute atomic E-state index is 0.0251. The van der Waals surface area contributed by atoms with Crippen LogP contribution in [-0.4, -0.2) is 43.1 Å². The van der Waals surface area contributed by atoms with Crippen molar-refractivity contribution in [3.05, 3.63) is 0 Å². The van der Waals surface area contributed by atoms with Crippen LogP contribution in [-0.2, 0) is 28.5 Å². The first-order valence-electron chi connectivity index (χ1n) is 11.4. The molecule has 4 saturated carbocycles. The molecule has 0 aromatic heterocycles. The van der Waals surface area contributed by atoms with E-state index in [0.29, 0.717) is 55.2 Å². The van der Waals surface area contributed by atoms with Gasteiger partial charge in [-0.2, -0.15) is 0 Å². The number of carbonyl (C=O) groups excluding carboxylic acids is 2. The highest BCUT2D eigenvalue weighted by molar-refractivity contribution is 5.86. The second-order valence-corrected chi connectivity index (χ2v) is 11.0. The second kappa shape index (κ2) is 5.90. The zero-order valence-corrected chi connectivity index (χ0v) is 17.5. The molecule has 2 saturated heterocycles. The largest absolute Gasteiger partial charge is 0.350 e. The van der Waals surface area contributed by atoms with E-state index in [4.69, 9.17) is 18.9 Å². The summed E-state index contributed by atoms with van der Waals surface area (Å²) in [5, 5.41) is 0. The first-order valence-corrected chi connectivity index (χ1v) is 11.4. The first kappa shape index (κ1) is 18.9. The molecule has 0 radical (unpaired) electrons. The molecular formula is C23H32O6. The molecule has 2 heterocycles. The average molecular weight is 405 g/mol. The summed E-state index contributed by atoms with van der Waals surface area (Å²) in [6, 6.07) is 0. The molecule has 0 amide bonds. The summed E-state index contributed by atoms with van der Waals surface area (Å²) in [5.74, 6) is 1.14. The molecule has 6 nitrogen and oxygen atoms in total. The van der Waals surface area contributed by atoms with Crippen molar-refractivity contribution in [2.75, 3.05) is 20.2 Å². The maximum atomic E-state index is 13.8. The predicted octanol–water partition coefficient (Wildman–Crippen LogP) is 3.22. The van der Waals surface area contributed by atoms with Gasteiger partial charge in [0.05, 0.1) is 0 Å². The molecule has 2 spiro atoms. The third kappa shape index (κ3) is 2.12. The van der Waals surface area contributed by atoms with Crippen molar-refractivity contribution in [2.24, 2.45) is 34.5 Å². The van der Waals surface area contributed by atoms with Gasteiger partial charge in [-0.3, -0.25) is 9.59 Å². The lowest BCUT2D eigenvalue weighted by atomic mass is 9.43. The van der Waals surface area contributed by atoms with Crippen LogP contribution in [0, 0.1) is 34.5 Å². The molecule has 6 fully saturated rings. The molecule has 160 valence electrons. The van der Waals surface area contributed by atoms with Crippen LogP contribution in [0.15, 0.2) is 0 Å². The van der Waals surface area contributed by atoms with Crippen LogP contribution in [0.2, 0.25) is 0 Å². The second-order valence-electron chi connectivity index (χ2n) is 11.0. The Hall–Kier alpha value is -0.820. The number of carbonyl (C=O) groups is 2. The van der Waals surface area contributed by atoms with Crippen molar-refractivity contribution in [1.82, 2.24) is 0 Å². The Bertz CT molecular complexity index is 753. The van der Waals surface area contributed by atoms with Gasteiger partial charge in [-0.1, -0.05) is 13.8 Å². The van der Waals surface area contributed by atoms with Gasteiger partial charge in [0.2, 0.25) is 5.79 Å². The van der Waals surface area contributed by atoms with Crippen LogP contribution in [0.4, 0.5) is 0 Å². The maximum Gasteiger partial charge on any atom is 0.226 e. The quantitative estimate of drug-likeness (QED) is 0.617. The molecule has 6 heteroatoms. The van der Waals surface area contributed by atoms with E-state index in [1.54, 1.807) is 0 Å². The molecule has 6 rings (SSSR count). The molecule has 8 atom stereocenters. The molecule has 2 aliphatic heterocycles. The maximum absolute atomic E-state index is 13.8. The Morgan fingerprint density at radius 3 is 2.59 bits per heavy atom. The van der Waals surface area contributed by atoms with Gasteiger partial charge in [0.1, 0.15) is 23.8 Å². The summed E-state index contributed by atoms with van der Waals surface area (Å²) in [7, 11) is 0. The smallest absolute Gasteiger partial charge is 0.226 e. The monoisotopic (exact) mass is 404 g/mol. The SMILES string of the molecule is CC12CCC(=O)CC1CCC1C2C(=O)CC2(C)C1CCC21OCOC12COCO2. The number of Topliss-reactive ketones (excluding diaryl/α,β-unsaturated/α-hetero) is 2. The molecular weight excluding hydrogens is 372 g/mol. The minimum atomic E-state index is -0.873. The van der Waals surface area contributed by atoms with Gasteiger partial charge in [0, 0.05) is 30.6 Å². The fourth-order valence-electron chi connectivity index (χ4n) is 8.83. The Balaban J connectivity index is 1.39. The Morgan fingerprint density at radius 2 is 1.79 bits per heavy atom. The molecule has 0 aromatic carbocycles. The Kier molecular flexibility index (Phi) is 3.85. The topological polar surface area (TPSA) is 71.1 Å². The highest BCUT2D eigenvalue weighted by atomic mass is 16.9. The van der Waals surface area contributed by atoms with Crippen molar-refractivity contribution in [3.63, 3.8) is 0 Å². The molecule has 0 N–H and O–H groups in total. The molecule has 6 aliphatic rings. The van der Waals surface area contributed by atoms with E-state index in [-0.39, 0.29) is 30.3 Å². The summed E-state index contributed by atoms with van der Waals surface area (Å²) in [5.41, 5.74) is -0.937. The fraction of sp³-hybridized carbons (Fsp3) is 0.913. The zero-order valence-electron chi connectivity index (χ0n) is 17.5. The first-order chi connectivity index (χ1) is 13.9. The fourth-order valence-corrected chi connectivity index (χ4v) is 8.83. The standard InChI is InChI=1S/C23H32O6/c1-20-7-5-15(24)9-14(20)3-4-16-17-6-8-22(21(17,2)10-18(25)19(16)20)23(29-13-27-22)11-26-12-28-23/h14,16-17,19H,3-13H2,1-2H3.